The number of ether oxygens (including phenoxy) is 2. The van der Waals surface area contributed by atoms with E-state index in [1.165, 1.54) is 5.57 Å². The Bertz CT molecular complexity index is 1160. The van der Waals surface area contributed by atoms with Gasteiger partial charge in [-0.1, -0.05) is 60.1 Å². The fourth-order valence-electron chi connectivity index (χ4n) is 12.1. The van der Waals surface area contributed by atoms with Gasteiger partial charge in [0.15, 0.2) is 6.29 Å². The summed E-state index contributed by atoms with van der Waals surface area (Å²) in [7, 11) is 0. The van der Waals surface area contributed by atoms with E-state index in [0.29, 0.717) is 24.7 Å². The minimum absolute atomic E-state index is 0.0466. The minimum Gasteiger partial charge on any atom is -0.394 e. The zero-order chi connectivity index (χ0) is 32.4. The van der Waals surface area contributed by atoms with E-state index < -0.39 is 60.4 Å². The van der Waals surface area contributed by atoms with Crippen molar-refractivity contribution in [1.29, 1.82) is 0 Å². The number of hydrogen-bond acceptors (Lipinski definition) is 9. The molecule has 1 heterocycles. The molecule has 0 amide bonds. The second kappa shape index (κ2) is 10.4. The molecular weight excluding hydrogens is 564 g/mol. The Kier molecular flexibility index (Phi) is 7.90. The third kappa shape index (κ3) is 4.16. The van der Waals surface area contributed by atoms with Crippen molar-refractivity contribution in [3.05, 3.63) is 11.6 Å². The monoisotopic (exact) mass is 622 g/mol. The summed E-state index contributed by atoms with van der Waals surface area (Å²) in [4.78, 5) is 0. The van der Waals surface area contributed by atoms with Crippen LogP contribution in [0, 0.1) is 50.2 Å². The van der Waals surface area contributed by atoms with E-state index in [2.05, 4.69) is 40.7 Å². The Balaban J connectivity index is 1.40. The average molecular weight is 623 g/mol. The first kappa shape index (κ1) is 33.3. The summed E-state index contributed by atoms with van der Waals surface area (Å²) in [6.45, 7) is 14.9. The molecule has 252 valence electrons. The molecule has 9 heteroatoms. The van der Waals surface area contributed by atoms with E-state index >= 15 is 0 Å². The number of aliphatic hydroxyl groups is 7. The van der Waals surface area contributed by atoms with Gasteiger partial charge in [0.2, 0.25) is 0 Å². The highest BCUT2D eigenvalue weighted by atomic mass is 16.7. The van der Waals surface area contributed by atoms with Gasteiger partial charge in [-0.15, -0.1) is 0 Å². The highest BCUT2D eigenvalue weighted by Gasteiger charge is 2.72. The molecule has 44 heavy (non-hydrogen) atoms. The van der Waals surface area contributed by atoms with E-state index in [4.69, 9.17) is 9.47 Å². The zero-order valence-corrected chi connectivity index (χ0v) is 27.7. The number of hydrogen-bond donors (Lipinski definition) is 7. The summed E-state index contributed by atoms with van der Waals surface area (Å²) in [5.41, 5.74) is -1.26. The Labute approximate surface area is 262 Å². The van der Waals surface area contributed by atoms with Crippen LogP contribution in [-0.2, 0) is 9.47 Å². The maximum Gasteiger partial charge on any atom is 0.186 e. The molecule has 5 fully saturated rings. The Morgan fingerprint density at radius 1 is 0.818 bits per heavy atom. The Hall–Kier alpha value is -0.620. The lowest BCUT2D eigenvalue weighted by Gasteiger charge is -2.72. The van der Waals surface area contributed by atoms with Crippen molar-refractivity contribution >= 4 is 0 Å². The predicted molar refractivity (Wildman–Crippen MR) is 163 cm³/mol. The van der Waals surface area contributed by atoms with Gasteiger partial charge in [-0.3, -0.25) is 0 Å². The van der Waals surface area contributed by atoms with Gasteiger partial charge in [0.1, 0.15) is 18.3 Å². The summed E-state index contributed by atoms with van der Waals surface area (Å²) in [6, 6.07) is 0. The third-order valence-electron chi connectivity index (χ3n) is 15.1. The summed E-state index contributed by atoms with van der Waals surface area (Å²) in [6.07, 6.45) is -0.670. The van der Waals surface area contributed by atoms with Gasteiger partial charge in [-0.05, 0) is 89.8 Å². The Morgan fingerprint density at radius 3 is 2.14 bits per heavy atom. The molecule has 5 aliphatic carbocycles. The van der Waals surface area contributed by atoms with E-state index in [1.54, 1.807) is 0 Å². The van der Waals surface area contributed by atoms with E-state index in [-0.39, 0.29) is 40.3 Å². The van der Waals surface area contributed by atoms with Crippen LogP contribution >= 0.6 is 0 Å². The molecule has 9 nitrogen and oxygen atoms in total. The van der Waals surface area contributed by atoms with E-state index in [1.807, 2.05) is 13.8 Å². The molecule has 0 aromatic rings. The molecule has 0 unspecified atom stereocenters. The lowest BCUT2D eigenvalue weighted by molar-refractivity contribution is -0.278. The van der Waals surface area contributed by atoms with Gasteiger partial charge in [0.05, 0.1) is 43.0 Å². The van der Waals surface area contributed by atoms with Crippen LogP contribution in [0.4, 0.5) is 0 Å². The van der Waals surface area contributed by atoms with Crippen molar-refractivity contribution in [3.8, 4) is 0 Å². The SMILES string of the molecule is CC1(C)C[C@H]2C3=CC[C@@H]4[C@@]5(C)CC[C@H](O)C(C)(C)[C@@H]5CC[C@@]4(C)[C@]3(C)C[C@@H](O)[C@@]2(CO[C@@H]2O[C@H](CO)[C@H](O)[C@@H]2O)[C@@H](O)[C@@H]1O. The van der Waals surface area contributed by atoms with Gasteiger partial charge >= 0.3 is 0 Å². The topological polar surface area (TPSA) is 160 Å². The average Bonchev–Trinajstić information content (AvgIpc) is 3.22. The van der Waals surface area contributed by atoms with Crippen molar-refractivity contribution in [2.75, 3.05) is 13.2 Å². The van der Waals surface area contributed by atoms with Crippen LogP contribution in [0.1, 0.15) is 93.4 Å². The molecule has 6 aliphatic rings. The smallest absolute Gasteiger partial charge is 0.186 e. The standard InChI is InChI=1S/C35H58O9/c1-30(2)14-19-18-8-9-22-32(5)12-11-23(37)31(3,4)21(32)10-13-33(22,6)34(18,7)15-24(38)35(19,28(42)27(30)41)17-43-29-26(40)25(39)20(16-36)44-29/h8,19-29,36-42H,9-17H2,1-7H3/t19-,20+,21-,22+,23-,24+,25-,26-,27-,28-,29+,32-,33+,34+,35-/m0/s1. The van der Waals surface area contributed by atoms with Crippen molar-refractivity contribution in [2.45, 2.75) is 142 Å². The number of fused-ring (bicyclic) bond motifs is 7. The van der Waals surface area contributed by atoms with Crippen LogP contribution in [0.25, 0.3) is 0 Å². The molecule has 0 radical (unpaired) electrons. The molecule has 4 saturated carbocycles. The molecule has 6 rings (SSSR count). The van der Waals surface area contributed by atoms with Crippen LogP contribution < -0.4 is 0 Å². The molecule has 1 saturated heterocycles. The van der Waals surface area contributed by atoms with E-state index in [0.717, 1.165) is 32.1 Å². The molecule has 7 N–H and O–H groups in total. The predicted octanol–water partition coefficient (Wildman–Crippen LogP) is 2.52. The summed E-state index contributed by atoms with van der Waals surface area (Å²) in [5.74, 6) is 0.476. The van der Waals surface area contributed by atoms with Gasteiger partial charge in [0, 0.05) is 0 Å². The summed E-state index contributed by atoms with van der Waals surface area (Å²) < 4.78 is 11.7. The summed E-state index contributed by atoms with van der Waals surface area (Å²) in [5, 5.41) is 77.2. The molecule has 0 aromatic carbocycles. The van der Waals surface area contributed by atoms with Gasteiger partial charge < -0.3 is 45.2 Å². The quantitative estimate of drug-likeness (QED) is 0.234. The molecule has 0 aromatic heterocycles. The molecule has 15 atom stereocenters. The van der Waals surface area contributed by atoms with Crippen LogP contribution in [0.2, 0.25) is 0 Å². The van der Waals surface area contributed by atoms with Gasteiger partial charge in [-0.2, -0.15) is 0 Å². The molecule has 1 aliphatic heterocycles. The third-order valence-corrected chi connectivity index (χ3v) is 15.1. The molecular formula is C35H58O9. The largest absolute Gasteiger partial charge is 0.394 e. The highest BCUT2D eigenvalue weighted by molar-refractivity contribution is 5.36. The molecule has 0 bridgehead atoms. The first-order chi connectivity index (χ1) is 20.3. The minimum atomic E-state index is -1.39. The fourth-order valence-corrected chi connectivity index (χ4v) is 12.1. The second-order valence-electron chi connectivity index (χ2n) is 17.7. The number of aliphatic hydroxyl groups excluding tert-OH is 7. The van der Waals surface area contributed by atoms with E-state index in [9.17, 15) is 35.7 Å². The van der Waals surface area contributed by atoms with Crippen molar-refractivity contribution in [1.82, 2.24) is 0 Å². The highest BCUT2D eigenvalue weighted by Crippen LogP contribution is 2.75. The van der Waals surface area contributed by atoms with Crippen LogP contribution in [0.15, 0.2) is 11.6 Å². The van der Waals surface area contributed by atoms with Crippen LogP contribution in [0.3, 0.4) is 0 Å². The van der Waals surface area contributed by atoms with Crippen LogP contribution in [-0.4, -0.2) is 98.0 Å². The Morgan fingerprint density at radius 2 is 1.50 bits per heavy atom. The zero-order valence-electron chi connectivity index (χ0n) is 27.7. The number of rotatable bonds is 4. The maximum absolute atomic E-state index is 12.3. The fraction of sp³-hybridized carbons (Fsp3) is 0.943. The second-order valence-corrected chi connectivity index (χ2v) is 17.7. The maximum atomic E-state index is 12.3. The first-order valence-corrected chi connectivity index (χ1v) is 17.0. The molecule has 0 spiro atoms. The van der Waals surface area contributed by atoms with Crippen molar-refractivity contribution in [2.24, 2.45) is 50.2 Å². The van der Waals surface area contributed by atoms with Gasteiger partial charge in [-0.25, -0.2) is 0 Å². The lowest BCUT2D eigenvalue weighted by Crippen LogP contribution is -2.71. The normalized spacial score (nSPS) is 56.1. The van der Waals surface area contributed by atoms with Crippen molar-refractivity contribution < 1.29 is 45.2 Å². The first-order valence-electron chi connectivity index (χ1n) is 17.0. The van der Waals surface area contributed by atoms with Crippen molar-refractivity contribution in [3.63, 3.8) is 0 Å². The summed E-state index contributed by atoms with van der Waals surface area (Å²) >= 11 is 0. The van der Waals surface area contributed by atoms with Crippen LogP contribution in [0.5, 0.6) is 0 Å². The van der Waals surface area contributed by atoms with Gasteiger partial charge in [0.25, 0.3) is 0 Å². The number of allylic oxidation sites excluding steroid dienone is 2. The lowest BCUT2D eigenvalue weighted by atomic mass is 9.33.